The lowest BCUT2D eigenvalue weighted by molar-refractivity contribution is -0.122. The molecule has 0 saturated carbocycles. The van der Waals surface area contributed by atoms with Gasteiger partial charge in [0.2, 0.25) is 0 Å². The summed E-state index contributed by atoms with van der Waals surface area (Å²) in [5.74, 6) is -2.89. The Morgan fingerprint density at radius 1 is 0.903 bits per heavy atom. The van der Waals surface area contributed by atoms with E-state index in [9.17, 15) is 19.2 Å². The van der Waals surface area contributed by atoms with Crippen molar-refractivity contribution in [2.45, 2.75) is 20.8 Å². The van der Waals surface area contributed by atoms with E-state index >= 15 is 0 Å². The van der Waals surface area contributed by atoms with Gasteiger partial charge in [0.05, 0.1) is 23.0 Å². The molecule has 0 aromatic heterocycles. The fraction of sp³-hybridized carbons (Fsp3) is 0.174. The Bertz CT molecular complexity index is 1160. The summed E-state index contributed by atoms with van der Waals surface area (Å²) < 4.78 is 0. The lowest BCUT2D eigenvalue weighted by atomic mass is 9.98. The van der Waals surface area contributed by atoms with E-state index in [1.165, 1.54) is 11.1 Å². The Balaban J connectivity index is 1.69. The number of anilines is 2. The molecule has 8 heteroatoms. The Morgan fingerprint density at radius 2 is 1.55 bits per heavy atom. The maximum Gasteiger partial charge on any atom is 0.335 e. The van der Waals surface area contributed by atoms with E-state index in [1.807, 2.05) is 26.0 Å². The highest BCUT2D eigenvalue weighted by Crippen LogP contribution is 2.28. The minimum absolute atomic E-state index is 0.276. The lowest BCUT2D eigenvalue weighted by Crippen LogP contribution is -2.54. The zero-order valence-electron chi connectivity index (χ0n) is 17.2. The zero-order chi connectivity index (χ0) is 22.3. The van der Waals surface area contributed by atoms with Crippen molar-refractivity contribution >= 4 is 40.8 Å². The fourth-order valence-electron chi connectivity index (χ4n) is 3.68. The summed E-state index contributed by atoms with van der Waals surface area (Å²) in [6, 6.07) is 13.3. The fourth-order valence-corrected chi connectivity index (χ4v) is 3.68. The van der Waals surface area contributed by atoms with Gasteiger partial charge >= 0.3 is 6.03 Å². The average molecular weight is 416 g/mol. The molecule has 5 amide bonds. The maximum atomic E-state index is 13.1. The Hall–Kier alpha value is -4.07. The van der Waals surface area contributed by atoms with Gasteiger partial charge in [-0.15, -0.1) is 0 Å². The highest BCUT2D eigenvalue weighted by Gasteiger charge is 2.40. The molecule has 2 aliphatic rings. The molecule has 4 rings (SSSR count). The van der Waals surface area contributed by atoms with Gasteiger partial charge in [-0.1, -0.05) is 24.3 Å². The van der Waals surface area contributed by atoms with Crippen LogP contribution < -0.4 is 15.2 Å². The molecule has 8 nitrogen and oxygen atoms in total. The SMILES string of the molecule is CC1=NN(c2ccccc2)C(=O)[C@H]1/C=C1\C(=O)NC(=O)N(c2cc(C)cc(C)c2)C1=O. The van der Waals surface area contributed by atoms with E-state index in [4.69, 9.17) is 0 Å². The molecular formula is C23H20N4O4. The molecule has 1 saturated heterocycles. The van der Waals surface area contributed by atoms with Gasteiger partial charge in [0.15, 0.2) is 0 Å². The molecular weight excluding hydrogens is 396 g/mol. The van der Waals surface area contributed by atoms with Crippen LogP contribution in [0.5, 0.6) is 0 Å². The van der Waals surface area contributed by atoms with Gasteiger partial charge in [-0.25, -0.2) is 9.69 Å². The summed E-state index contributed by atoms with van der Waals surface area (Å²) in [5.41, 5.74) is 2.83. The van der Waals surface area contributed by atoms with Crippen LogP contribution in [0.25, 0.3) is 0 Å². The summed E-state index contributed by atoms with van der Waals surface area (Å²) in [6.07, 6.45) is 1.28. The quantitative estimate of drug-likeness (QED) is 0.614. The van der Waals surface area contributed by atoms with Crippen LogP contribution in [-0.2, 0) is 14.4 Å². The number of para-hydroxylation sites is 1. The van der Waals surface area contributed by atoms with Crippen molar-refractivity contribution in [3.8, 4) is 0 Å². The molecule has 2 aromatic rings. The van der Waals surface area contributed by atoms with Crippen LogP contribution in [0.2, 0.25) is 0 Å². The number of amides is 5. The van der Waals surface area contributed by atoms with Crippen LogP contribution >= 0.6 is 0 Å². The van der Waals surface area contributed by atoms with Crippen molar-refractivity contribution in [1.29, 1.82) is 0 Å². The number of hydrazone groups is 1. The Labute approximate surface area is 178 Å². The topological polar surface area (TPSA) is 99.2 Å². The number of hydrogen-bond donors (Lipinski definition) is 1. The van der Waals surface area contributed by atoms with E-state index in [0.29, 0.717) is 17.1 Å². The highest BCUT2D eigenvalue weighted by atomic mass is 16.2. The minimum Gasteiger partial charge on any atom is -0.273 e. The predicted octanol–water partition coefficient (Wildman–Crippen LogP) is 2.85. The van der Waals surface area contributed by atoms with Crippen LogP contribution in [0, 0.1) is 19.8 Å². The van der Waals surface area contributed by atoms with Gasteiger partial charge in [-0.3, -0.25) is 19.7 Å². The molecule has 0 spiro atoms. The number of hydrogen-bond acceptors (Lipinski definition) is 5. The first kappa shape index (κ1) is 20.2. The summed E-state index contributed by atoms with van der Waals surface area (Å²) in [6.45, 7) is 5.35. The van der Waals surface area contributed by atoms with Crippen molar-refractivity contribution in [1.82, 2.24) is 5.32 Å². The van der Waals surface area contributed by atoms with E-state index in [-0.39, 0.29) is 11.5 Å². The Morgan fingerprint density at radius 3 is 2.19 bits per heavy atom. The van der Waals surface area contributed by atoms with Crippen LogP contribution in [0.3, 0.4) is 0 Å². The highest BCUT2D eigenvalue weighted by molar-refractivity contribution is 6.38. The van der Waals surface area contributed by atoms with Gasteiger partial charge in [0.25, 0.3) is 17.7 Å². The first-order valence-electron chi connectivity index (χ1n) is 9.70. The third-order valence-electron chi connectivity index (χ3n) is 5.08. The van der Waals surface area contributed by atoms with Crippen LogP contribution in [-0.4, -0.2) is 29.5 Å². The van der Waals surface area contributed by atoms with Crippen molar-refractivity contribution in [3.63, 3.8) is 0 Å². The average Bonchev–Trinajstić information content (AvgIpc) is 2.98. The second kappa shape index (κ2) is 7.64. The summed E-state index contributed by atoms with van der Waals surface area (Å²) in [7, 11) is 0. The molecule has 156 valence electrons. The summed E-state index contributed by atoms with van der Waals surface area (Å²) >= 11 is 0. The van der Waals surface area contributed by atoms with Crippen molar-refractivity contribution in [2.75, 3.05) is 9.91 Å². The molecule has 31 heavy (non-hydrogen) atoms. The number of carbonyl (C=O) groups is 4. The smallest absolute Gasteiger partial charge is 0.273 e. The number of imide groups is 2. The lowest BCUT2D eigenvalue weighted by Gasteiger charge is -2.27. The monoisotopic (exact) mass is 416 g/mol. The molecule has 0 bridgehead atoms. The molecule has 0 aliphatic carbocycles. The number of nitrogens with zero attached hydrogens (tertiary/aromatic N) is 3. The molecule has 0 radical (unpaired) electrons. The standard InChI is InChI=1S/C23H20N4O4/c1-13-9-14(2)11-17(10-13)26-21(29)19(20(28)24-23(26)31)12-18-15(3)25-27(22(18)30)16-7-5-4-6-8-16/h4-12,18H,1-3H3,(H,24,28,31)/b19-12+/t18-/m0/s1. The number of urea groups is 1. The number of barbiturate groups is 1. The first-order valence-corrected chi connectivity index (χ1v) is 9.70. The zero-order valence-corrected chi connectivity index (χ0v) is 17.2. The molecule has 0 unspecified atom stereocenters. The predicted molar refractivity (Wildman–Crippen MR) is 116 cm³/mol. The molecule has 2 heterocycles. The van der Waals surface area contributed by atoms with E-state index in [2.05, 4.69) is 10.4 Å². The van der Waals surface area contributed by atoms with E-state index < -0.39 is 23.8 Å². The third kappa shape index (κ3) is 3.63. The number of nitrogens with one attached hydrogen (secondary N) is 1. The maximum absolute atomic E-state index is 13.1. The molecule has 1 N–H and O–H groups in total. The molecule has 1 atom stereocenters. The van der Waals surface area contributed by atoms with E-state index in [0.717, 1.165) is 16.0 Å². The van der Waals surface area contributed by atoms with E-state index in [1.54, 1.807) is 43.3 Å². The van der Waals surface area contributed by atoms with Gasteiger partial charge in [-0.05, 0) is 62.2 Å². The molecule has 2 aliphatic heterocycles. The van der Waals surface area contributed by atoms with Gasteiger partial charge < -0.3 is 0 Å². The van der Waals surface area contributed by atoms with Gasteiger partial charge in [0, 0.05) is 0 Å². The normalized spacial score (nSPS) is 20.4. The van der Waals surface area contributed by atoms with Crippen molar-refractivity contribution in [2.24, 2.45) is 11.0 Å². The second-order valence-corrected chi connectivity index (χ2v) is 7.53. The second-order valence-electron chi connectivity index (χ2n) is 7.53. The third-order valence-corrected chi connectivity index (χ3v) is 5.08. The number of benzene rings is 2. The molecule has 1 fully saturated rings. The van der Waals surface area contributed by atoms with Crippen molar-refractivity contribution in [3.05, 3.63) is 71.3 Å². The van der Waals surface area contributed by atoms with Crippen LogP contribution in [0.1, 0.15) is 18.1 Å². The summed E-state index contributed by atoms with van der Waals surface area (Å²) in [4.78, 5) is 51.9. The number of aryl methyl sites for hydroxylation is 2. The largest absolute Gasteiger partial charge is 0.335 e. The Kier molecular flexibility index (Phi) is 4.98. The van der Waals surface area contributed by atoms with Crippen LogP contribution in [0.4, 0.5) is 16.2 Å². The molecule has 2 aromatic carbocycles. The number of rotatable bonds is 3. The van der Waals surface area contributed by atoms with Crippen molar-refractivity contribution < 1.29 is 19.2 Å². The minimum atomic E-state index is -0.890. The number of carbonyl (C=O) groups excluding carboxylic acids is 4. The summed E-state index contributed by atoms with van der Waals surface area (Å²) in [5, 5.41) is 7.72. The van der Waals surface area contributed by atoms with Gasteiger partial charge in [0.1, 0.15) is 5.57 Å². The first-order chi connectivity index (χ1) is 14.8. The van der Waals surface area contributed by atoms with Crippen LogP contribution in [0.15, 0.2) is 65.3 Å². The van der Waals surface area contributed by atoms with Gasteiger partial charge in [-0.2, -0.15) is 10.1 Å².